The normalized spacial score (nSPS) is 49.7. The van der Waals surface area contributed by atoms with Gasteiger partial charge in [-0.25, -0.2) is 0 Å². The van der Waals surface area contributed by atoms with E-state index in [1.165, 1.54) is 7.11 Å². The minimum Gasteiger partial charge on any atom is -0.469 e. The number of fused-ring (bicyclic) bond motifs is 6. The number of methoxy groups -OCH3 is 1. The van der Waals surface area contributed by atoms with Gasteiger partial charge in [-0.3, -0.25) is 14.4 Å². The van der Waals surface area contributed by atoms with Gasteiger partial charge >= 0.3 is 11.9 Å². The van der Waals surface area contributed by atoms with E-state index in [0.29, 0.717) is 38.5 Å². The number of carbonyl (C=O) groups is 3. The maximum absolute atomic E-state index is 12.9. The Labute approximate surface area is 177 Å². The van der Waals surface area contributed by atoms with Crippen LogP contribution in [0.5, 0.6) is 0 Å². The van der Waals surface area contributed by atoms with Crippen LogP contribution in [0, 0.1) is 34.5 Å². The highest BCUT2D eigenvalue weighted by Gasteiger charge is 2.71. The van der Waals surface area contributed by atoms with E-state index < -0.39 is 11.7 Å². The molecule has 4 fully saturated rings. The van der Waals surface area contributed by atoms with E-state index in [4.69, 9.17) is 9.47 Å². The number of aliphatic hydroxyl groups is 1. The molecule has 0 aromatic carbocycles. The number of allylic oxidation sites excluding steroid dienone is 1. The van der Waals surface area contributed by atoms with Crippen LogP contribution < -0.4 is 0 Å². The zero-order valence-corrected chi connectivity index (χ0v) is 18.1. The van der Waals surface area contributed by atoms with Crippen molar-refractivity contribution in [2.45, 2.75) is 76.9 Å². The predicted octanol–water partition coefficient (Wildman–Crippen LogP) is 2.96. The van der Waals surface area contributed by atoms with Gasteiger partial charge in [0.15, 0.2) is 5.78 Å². The van der Waals surface area contributed by atoms with Crippen molar-refractivity contribution in [2.24, 2.45) is 34.5 Å². The van der Waals surface area contributed by atoms with Gasteiger partial charge in [-0.05, 0) is 67.8 Å². The summed E-state index contributed by atoms with van der Waals surface area (Å²) in [7, 11) is 1.42. The molecule has 1 aliphatic heterocycles. The van der Waals surface area contributed by atoms with Crippen LogP contribution in [-0.2, 0) is 23.9 Å². The van der Waals surface area contributed by atoms with Gasteiger partial charge in [0.2, 0.25) is 0 Å². The maximum Gasteiger partial charge on any atom is 0.309 e. The van der Waals surface area contributed by atoms with Crippen LogP contribution in [0.3, 0.4) is 0 Å². The van der Waals surface area contributed by atoms with Gasteiger partial charge in [-0.15, -0.1) is 0 Å². The Morgan fingerprint density at radius 3 is 2.63 bits per heavy atom. The fraction of sp³-hybridized carbons (Fsp3) is 0.792. The quantitative estimate of drug-likeness (QED) is 0.661. The van der Waals surface area contributed by atoms with Crippen molar-refractivity contribution in [3.05, 3.63) is 11.6 Å². The lowest BCUT2D eigenvalue weighted by Gasteiger charge is -2.62. The summed E-state index contributed by atoms with van der Waals surface area (Å²) in [5.41, 5.74) is -0.168. The average molecular weight is 417 g/mol. The molecular formula is C24H32O6. The van der Waals surface area contributed by atoms with Crippen molar-refractivity contribution < 1.29 is 29.0 Å². The Morgan fingerprint density at radius 1 is 1.20 bits per heavy atom. The second kappa shape index (κ2) is 6.41. The lowest BCUT2D eigenvalue weighted by Crippen LogP contribution is -2.62. The van der Waals surface area contributed by atoms with Gasteiger partial charge < -0.3 is 14.6 Å². The molecule has 1 saturated heterocycles. The third kappa shape index (κ3) is 2.43. The van der Waals surface area contributed by atoms with Gasteiger partial charge in [0.05, 0.1) is 19.1 Å². The monoisotopic (exact) mass is 416 g/mol. The summed E-state index contributed by atoms with van der Waals surface area (Å²) in [5, 5.41) is 11.6. The average Bonchev–Trinajstić information content (AvgIpc) is 3.21. The van der Waals surface area contributed by atoms with E-state index in [0.717, 1.165) is 18.4 Å². The molecule has 30 heavy (non-hydrogen) atoms. The van der Waals surface area contributed by atoms with Crippen LogP contribution in [0.25, 0.3) is 0 Å². The molecule has 0 radical (unpaired) electrons. The molecule has 5 rings (SSSR count). The highest BCUT2D eigenvalue weighted by Crippen LogP contribution is 2.70. The Kier molecular flexibility index (Phi) is 4.32. The third-order valence-corrected chi connectivity index (χ3v) is 9.79. The molecule has 0 bridgehead atoms. The molecular weight excluding hydrogens is 384 g/mol. The number of esters is 2. The Balaban J connectivity index is 1.62. The minimum absolute atomic E-state index is 0.0415. The Hall–Kier alpha value is -1.69. The molecule has 5 aliphatic rings. The van der Waals surface area contributed by atoms with Crippen LogP contribution in [-0.4, -0.2) is 41.6 Å². The molecule has 0 aromatic heterocycles. The van der Waals surface area contributed by atoms with Gasteiger partial charge in [-0.2, -0.15) is 0 Å². The summed E-state index contributed by atoms with van der Waals surface area (Å²) in [6, 6.07) is 0. The number of aliphatic hydroxyl groups excluding tert-OH is 1. The van der Waals surface area contributed by atoms with Gasteiger partial charge in [0.1, 0.15) is 5.60 Å². The summed E-state index contributed by atoms with van der Waals surface area (Å²) in [6.45, 7) is 4.33. The predicted molar refractivity (Wildman–Crippen MR) is 107 cm³/mol. The van der Waals surface area contributed by atoms with Crippen LogP contribution in [0.4, 0.5) is 0 Å². The van der Waals surface area contributed by atoms with Crippen molar-refractivity contribution >= 4 is 17.7 Å². The molecule has 3 saturated carbocycles. The largest absolute Gasteiger partial charge is 0.469 e. The second-order valence-corrected chi connectivity index (χ2v) is 10.8. The summed E-state index contributed by atoms with van der Waals surface area (Å²) in [6.07, 6.45) is 6.21. The molecule has 6 heteroatoms. The molecule has 1 N–H and O–H groups in total. The number of hydrogen-bond acceptors (Lipinski definition) is 6. The topological polar surface area (TPSA) is 89.9 Å². The molecule has 164 valence electrons. The second-order valence-electron chi connectivity index (χ2n) is 10.8. The first-order chi connectivity index (χ1) is 14.1. The summed E-state index contributed by atoms with van der Waals surface area (Å²) in [4.78, 5) is 37.2. The number of carbonyl (C=O) groups excluding carboxylic acids is 3. The van der Waals surface area contributed by atoms with Crippen LogP contribution in [0.2, 0.25) is 0 Å². The fourth-order valence-corrected chi connectivity index (χ4v) is 8.35. The molecule has 6 nitrogen and oxygen atoms in total. The molecule has 1 spiro atoms. The zero-order valence-electron chi connectivity index (χ0n) is 18.1. The highest BCUT2D eigenvalue weighted by molar-refractivity contribution is 5.92. The van der Waals surface area contributed by atoms with E-state index in [9.17, 15) is 19.5 Å². The van der Waals surface area contributed by atoms with E-state index in [1.807, 2.05) is 0 Å². The number of ether oxygens (including phenoxy) is 2. The first kappa shape index (κ1) is 20.2. The standard InChI is InChI=1S/C24H32O6/c1-22-7-4-14(25)10-13(22)11-15(21(28)29-3)19-16-5-8-24(9-6-18(27)30-24)23(16,2)12-17(26)20(19)22/h10,15-17,19-20,26H,4-9,11-12H2,1-3H3/t15-,16+,17-,19+,20?,22+,23+,24-/m1/s1. The van der Waals surface area contributed by atoms with Gasteiger partial charge in [0.25, 0.3) is 0 Å². The number of rotatable bonds is 1. The van der Waals surface area contributed by atoms with Gasteiger partial charge in [-0.1, -0.05) is 19.4 Å². The smallest absolute Gasteiger partial charge is 0.309 e. The molecule has 1 unspecified atom stereocenters. The molecule has 1 heterocycles. The van der Waals surface area contributed by atoms with Crippen molar-refractivity contribution in [2.75, 3.05) is 7.11 Å². The molecule has 0 amide bonds. The third-order valence-electron chi connectivity index (χ3n) is 9.79. The maximum atomic E-state index is 12.9. The van der Waals surface area contributed by atoms with Crippen molar-refractivity contribution in [1.82, 2.24) is 0 Å². The van der Waals surface area contributed by atoms with E-state index in [1.54, 1.807) is 6.08 Å². The Morgan fingerprint density at radius 2 is 1.97 bits per heavy atom. The van der Waals surface area contributed by atoms with E-state index in [2.05, 4.69) is 13.8 Å². The van der Waals surface area contributed by atoms with Crippen molar-refractivity contribution in [1.29, 1.82) is 0 Å². The SMILES string of the molecule is COC(=O)[C@@H]1CC2=CC(=O)CC[C@]2(C)C2[C@@H]1[C@@H]1CC[C@@]3(CCC(=O)O3)[C@@]1(C)C[C@H]2O. The van der Waals surface area contributed by atoms with Gasteiger partial charge in [0, 0.05) is 18.3 Å². The zero-order chi connectivity index (χ0) is 21.5. The number of hydrogen-bond donors (Lipinski definition) is 1. The van der Waals surface area contributed by atoms with Crippen LogP contribution >= 0.6 is 0 Å². The highest BCUT2D eigenvalue weighted by atomic mass is 16.6. The first-order valence-electron chi connectivity index (χ1n) is 11.4. The van der Waals surface area contributed by atoms with Crippen molar-refractivity contribution in [3.63, 3.8) is 0 Å². The lowest BCUT2D eigenvalue weighted by atomic mass is 9.43. The summed E-state index contributed by atoms with van der Waals surface area (Å²) < 4.78 is 11.2. The van der Waals surface area contributed by atoms with Crippen molar-refractivity contribution in [3.8, 4) is 0 Å². The Bertz CT molecular complexity index is 847. The van der Waals surface area contributed by atoms with E-state index in [-0.39, 0.29) is 52.2 Å². The molecule has 4 aliphatic carbocycles. The van der Waals surface area contributed by atoms with Crippen LogP contribution in [0.1, 0.15) is 65.2 Å². The first-order valence-corrected chi connectivity index (χ1v) is 11.4. The number of ketones is 1. The fourth-order valence-electron chi connectivity index (χ4n) is 8.35. The summed E-state index contributed by atoms with van der Waals surface area (Å²) in [5.74, 6) is -0.636. The molecule has 8 atom stereocenters. The minimum atomic E-state index is -0.611. The van der Waals surface area contributed by atoms with E-state index >= 15 is 0 Å². The summed E-state index contributed by atoms with van der Waals surface area (Å²) >= 11 is 0. The van der Waals surface area contributed by atoms with Crippen LogP contribution in [0.15, 0.2) is 11.6 Å². The molecule has 0 aromatic rings. The lowest BCUT2D eigenvalue weighted by molar-refractivity contribution is -0.197.